The molecule has 11 heteroatoms. The Bertz CT molecular complexity index is 1250. The van der Waals surface area contributed by atoms with E-state index in [1.54, 1.807) is 35.2 Å². The summed E-state index contributed by atoms with van der Waals surface area (Å²) in [6.07, 6.45) is -0.0920. The van der Waals surface area contributed by atoms with E-state index in [4.69, 9.17) is 16.3 Å². The number of methoxy groups -OCH3 is 1. The van der Waals surface area contributed by atoms with Crippen molar-refractivity contribution in [2.24, 2.45) is 0 Å². The SMILES string of the molecule is COc1ccc(Cl)cc1S(=O)(=O)N1CCC(=O)N2C(CCc3ccc(O)cc3)C(=O)N(C(C)C)CC21. The molecule has 2 aromatic carbocycles. The lowest BCUT2D eigenvalue weighted by molar-refractivity contribution is -0.167. The number of fused-ring (bicyclic) bond motifs is 1. The van der Waals surface area contributed by atoms with Crippen molar-refractivity contribution in [2.45, 2.75) is 56.3 Å². The Morgan fingerprint density at radius 2 is 1.83 bits per heavy atom. The smallest absolute Gasteiger partial charge is 0.248 e. The Balaban J connectivity index is 1.72. The fraction of sp³-hybridized carbons (Fsp3) is 0.440. The Morgan fingerprint density at radius 3 is 2.47 bits per heavy atom. The predicted molar refractivity (Wildman–Crippen MR) is 134 cm³/mol. The molecule has 0 saturated carbocycles. The number of benzene rings is 2. The maximum atomic E-state index is 13.9. The van der Waals surface area contributed by atoms with Gasteiger partial charge < -0.3 is 19.6 Å². The first kappa shape index (κ1) is 26.2. The molecule has 2 aliphatic rings. The van der Waals surface area contributed by atoms with Gasteiger partial charge in [0.2, 0.25) is 21.8 Å². The Labute approximate surface area is 216 Å². The summed E-state index contributed by atoms with van der Waals surface area (Å²) in [5, 5.41) is 9.81. The van der Waals surface area contributed by atoms with Gasteiger partial charge in [-0.1, -0.05) is 23.7 Å². The van der Waals surface area contributed by atoms with Crippen molar-refractivity contribution in [2.75, 3.05) is 20.2 Å². The van der Waals surface area contributed by atoms with Crippen LogP contribution in [0.15, 0.2) is 47.4 Å². The van der Waals surface area contributed by atoms with Crippen LogP contribution in [0.25, 0.3) is 0 Å². The van der Waals surface area contributed by atoms with Crippen molar-refractivity contribution >= 4 is 33.4 Å². The number of amides is 2. The van der Waals surface area contributed by atoms with E-state index in [1.165, 1.54) is 28.4 Å². The van der Waals surface area contributed by atoms with Crippen LogP contribution >= 0.6 is 11.6 Å². The number of ether oxygens (including phenoxy) is 1. The van der Waals surface area contributed by atoms with E-state index in [0.29, 0.717) is 12.8 Å². The molecule has 0 radical (unpaired) electrons. The number of nitrogens with zero attached hydrogens (tertiary/aromatic N) is 3. The van der Waals surface area contributed by atoms with Crippen LogP contribution in [0.5, 0.6) is 11.5 Å². The number of hydrogen-bond donors (Lipinski definition) is 1. The van der Waals surface area contributed by atoms with Crippen LogP contribution in [0.4, 0.5) is 0 Å². The van der Waals surface area contributed by atoms with Gasteiger partial charge in [-0.15, -0.1) is 0 Å². The van der Waals surface area contributed by atoms with Crippen molar-refractivity contribution in [3.8, 4) is 11.5 Å². The summed E-state index contributed by atoms with van der Waals surface area (Å²) in [7, 11) is -2.74. The third-order valence-corrected chi connectivity index (χ3v) is 8.88. The first-order valence-corrected chi connectivity index (χ1v) is 13.6. The molecule has 0 aromatic heterocycles. The number of hydrogen-bond acceptors (Lipinski definition) is 6. The third-order valence-electron chi connectivity index (χ3n) is 6.73. The van der Waals surface area contributed by atoms with Crippen molar-refractivity contribution < 1.29 is 27.9 Å². The molecular weight excluding hydrogens is 506 g/mol. The molecule has 2 saturated heterocycles. The van der Waals surface area contributed by atoms with Gasteiger partial charge >= 0.3 is 0 Å². The highest BCUT2D eigenvalue weighted by Gasteiger charge is 2.51. The van der Waals surface area contributed by atoms with Gasteiger partial charge in [0.15, 0.2) is 0 Å². The van der Waals surface area contributed by atoms with Gasteiger partial charge in [-0.3, -0.25) is 9.59 Å². The van der Waals surface area contributed by atoms with Crippen LogP contribution in [0, 0.1) is 0 Å². The van der Waals surface area contributed by atoms with Gasteiger partial charge in [-0.05, 0) is 62.6 Å². The van der Waals surface area contributed by atoms with E-state index in [0.717, 1.165) is 5.56 Å². The third kappa shape index (κ3) is 4.89. The number of aromatic hydroxyl groups is 1. The number of phenols is 1. The lowest BCUT2D eigenvalue weighted by atomic mass is 9.97. The second kappa shape index (κ2) is 10.3. The van der Waals surface area contributed by atoms with E-state index >= 15 is 0 Å². The van der Waals surface area contributed by atoms with Crippen LogP contribution in [-0.4, -0.2) is 77.9 Å². The molecule has 2 atom stereocenters. The largest absolute Gasteiger partial charge is 0.508 e. The standard InChI is InChI=1S/C25H30ClN3O6S/c1-16(2)27-15-23-28(36(33,34)22-14-18(26)7-11-21(22)35-3)13-12-24(31)29(23)20(25(27)32)10-6-17-4-8-19(30)9-5-17/h4-5,7-9,11,14,16,20,23,30H,6,10,12-13,15H2,1-3H3. The normalized spacial score (nSPS) is 21.1. The van der Waals surface area contributed by atoms with Crippen LogP contribution in [-0.2, 0) is 26.0 Å². The molecule has 2 aliphatic heterocycles. The highest BCUT2D eigenvalue weighted by molar-refractivity contribution is 7.89. The van der Waals surface area contributed by atoms with E-state index in [1.807, 2.05) is 13.8 Å². The van der Waals surface area contributed by atoms with Crippen molar-refractivity contribution in [3.63, 3.8) is 0 Å². The van der Waals surface area contributed by atoms with E-state index in [-0.39, 0.29) is 58.8 Å². The summed E-state index contributed by atoms with van der Waals surface area (Å²) in [5.74, 6) is -0.161. The van der Waals surface area contributed by atoms with Crippen molar-refractivity contribution in [3.05, 3.63) is 53.1 Å². The zero-order valence-corrected chi connectivity index (χ0v) is 22.0. The number of carbonyl (C=O) groups is 2. The first-order valence-electron chi connectivity index (χ1n) is 11.8. The molecule has 2 heterocycles. The van der Waals surface area contributed by atoms with Crippen molar-refractivity contribution in [1.29, 1.82) is 0 Å². The summed E-state index contributed by atoms with van der Waals surface area (Å²) in [6, 6.07) is 10.1. The van der Waals surface area contributed by atoms with Crippen LogP contribution in [0.3, 0.4) is 0 Å². The van der Waals surface area contributed by atoms with Crippen molar-refractivity contribution in [1.82, 2.24) is 14.1 Å². The molecule has 0 bridgehead atoms. The minimum Gasteiger partial charge on any atom is -0.508 e. The topological polar surface area (TPSA) is 107 Å². The molecule has 9 nitrogen and oxygen atoms in total. The number of piperazine rings is 1. The second-order valence-electron chi connectivity index (χ2n) is 9.25. The maximum absolute atomic E-state index is 13.9. The number of carbonyl (C=O) groups excluding carboxylic acids is 2. The number of rotatable bonds is 7. The van der Waals surface area contributed by atoms with Crippen LogP contribution in [0.1, 0.15) is 32.3 Å². The van der Waals surface area contributed by atoms with E-state index in [2.05, 4.69) is 0 Å². The molecule has 2 unspecified atom stereocenters. The van der Waals surface area contributed by atoms with E-state index in [9.17, 15) is 23.1 Å². The summed E-state index contributed by atoms with van der Waals surface area (Å²) in [4.78, 5) is 29.7. The van der Waals surface area contributed by atoms with Gasteiger partial charge in [0.05, 0.1) is 13.7 Å². The van der Waals surface area contributed by atoms with Crippen LogP contribution < -0.4 is 4.74 Å². The van der Waals surface area contributed by atoms with Gasteiger partial charge in [0.25, 0.3) is 0 Å². The predicted octanol–water partition coefficient (Wildman–Crippen LogP) is 2.86. The fourth-order valence-corrected chi connectivity index (χ4v) is 6.87. The van der Waals surface area contributed by atoms with Gasteiger partial charge in [0.1, 0.15) is 28.6 Å². The minimum atomic E-state index is -4.12. The second-order valence-corrected chi connectivity index (χ2v) is 11.5. The van der Waals surface area contributed by atoms with E-state index < -0.39 is 22.2 Å². The molecule has 0 aliphatic carbocycles. The minimum absolute atomic E-state index is 0.0111. The molecule has 1 N–H and O–H groups in total. The van der Waals surface area contributed by atoms with Gasteiger partial charge in [-0.25, -0.2) is 8.42 Å². The summed E-state index contributed by atoms with van der Waals surface area (Å²) in [5.41, 5.74) is 0.899. The number of halogens is 1. The van der Waals surface area contributed by atoms with Gasteiger partial charge in [-0.2, -0.15) is 4.31 Å². The first-order chi connectivity index (χ1) is 17.0. The lowest BCUT2D eigenvalue weighted by Gasteiger charge is -2.52. The Hall–Kier alpha value is -2.82. The molecule has 36 heavy (non-hydrogen) atoms. The molecular formula is C25H30ClN3O6S. The van der Waals surface area contributed by atoms with Gasteiger partial charge in [0, 0.05) is 24.0 Å². The summed E-state index contributed by atoms with van der Waals surface area (Å²) in [6.45, 7) is 3.80. The quantitative estimate of drug-likeness (QED) is 0.584. The summed E-state index contributed by atoms with van der Waals surface area (Å²) >= 11 is 6.12. The highest BCUT2D eigenvalue weighted by atomic mass is 35.5. The zero-order valence-electron chi connectivity index (χ0n) is 20.4. The Kier molecular flexibility index (Phi) is 7.49. The van der Waals surface area contributed by atoms with Crippen LogP contribution in [0.2, 0.25) is 5.02 Å². The zero-order chi connectivity index (χ0) is 26.2. The number of phenolic OH excluding ortho intramolecular Hbond substituents is 1. The molecule has 2 amide bonds. The lowest BCUT2D eigenvalue weighted by Crippen LogP contribution is -2.71. The summed E-state index contributed by atoms with van der Waals surface area (Å²) < 4.78 is 34.3. The highest BCUT2D eigenvalue weighted by Crippen LogP contribution is 2.36. The molecule has 194 valence electrons. The average Bonchev–Trinajstić information content (AvgIpc) is 2.84. The number of aryl methyl sites for hydroxylation is 1. The molecule has 2 fully saturated rings. The Morgan fingerprint density at radius 1 is 1.14 bits per heavy atom. The fourth-order valence-electron chi connectivity index (χ4n) is 4.88. The molecule has 2 aromatic rings. The molecule has 4 rings (SSSR count). The molecule has 0 spiro atoms. The maximum Gasteiger partial charge on any atom is 0.248 e. The monoisotopic (exact) mass is 535 g/mol. The number of sulfonamides is 1. The average molecular weight is 536 g/mol.